The van der Waals surface area contributed by atoms with Crippen LogP contribution in [0, 0.1) is 11.3 Å². The molecule has 2 atom stereocenters. The molecule has 8 heteroatoms. The Hall–Kier alpha value is -2.77. The molecule has 3 rings (SSSR count). The van der Waals surface area contributed by atoms with Gasteiger partial charge in [0.15, 0.2) is 11.5 Å². The summed E-state index contributed by atoms with van der Waals surface area (Å²) in [6.07, 6.45) is 2.16. The van der Waals surface area contributed by atoms with Crippen molar-refractivity contribution in [3.05, 3.63) is 18.2 Å². The monoisotopic (exact) mass is 403 g/mol. The van der Waals surface area contributed by atoms with Crippen molar-refractivity contribution in [1.82, 2.24) is 10.2 Å². The number of nitrogens with zero attached hydrogens (tertiary/aromatic N) is 1. The first-order valence-electron chi connectivity index (χ1n) is 9.75. The number of ether oxygens (including phenoxy) is 2. The van der Waals surface area contributed by atoms with Gasteiger partial charge in [0.05, 0.1) is 14.2 Å². The van der Waals surface area contributed by atoms with E-state index < -0.39 is 17.5 Å². The van der Waals surface area contributed by atoms with Gasteiger partial charge in [-0.3, -0.25) is 14.5 Å². The summed E-state index contributed by atoms with van der Waals surface area (Å²) < 4.78 is 10.4. The van der Waals surface area contributed by atoms with Crippen molar-refractivity contribution in [1.29, 1.82) is 0 Å². The highest BCUT2D eigenvalue weighted by atomic mass is 16.5. The molecule has 1 aliphatic carbocycles. The molecule has 2 N–H and O–H groups in total. The van der Waals surface area contributed by atoms with Crippen LogP contribution in [0.1, 0.15) is 40.0 Å². The number of urea groups is 1. The highest BCUT2D eigenvalue weighted by Gasteiger charge is 2.56. The summed E-state index contributed by atoms with van der Waals surface area (Å²) in [6, 6.07) is 4.44. The molecule has 0 radical (unpaired) electrons. The predicted molar refractivity (Wildman–Crippen MR) is 108 cm³/mol. The summed E-state index contributed by atoms with van der Waals surface area (Å²) >= 11 is 0. The van der Waals surface area contributed by atoms with Crippen LogP contribution in [0.15, 0.2) is 18.2 Å². The number of anilines is 1. The summed E-state index contributed by atoms with van der Waals surface area (Å²) in [6.45, 7) is 5.97. The lowest BCUT2D eigenvalue weighted by molar-refractivity contribution is -0.136. The smallest absolute Gasteiger partial charge is 0.325 e. The molecule has 1 saturated carbocycles. The van der Waals surface area contributed by atoms with Gasteiger partial charge in [0, 0.05) is 11.8 Å². The second-order valence-electron chi connectivity index (χ2n) is 8.88. The van der Waals surface area contributed by atoms with Crippen molar-refractivity contribution in [2.24, 2.45) is 11.3 Å². The number of imide groups is 1. The molecule has 0 unspecified atom stereocenters. The normalized spacial score (nSPS) is 25.7. The number of methoxy groups -OCH3 is 2. The number of hydrogen-bond acceptors (Lipinski definition) is 5. The van der Waals surface area contributed by atoms with E-state index in [9.17, 15) is 14.4 Å². The Balaban J connectivity index is 1.71. The van der Waals surface area contributed by atoms with Crippen molar-refractivity contribution in [3.8, 4) is 11.5 Å². The van der Waals surface area contributed by atoms with E-state index >= 15 is 0 Å². The molecule has 2 aliphatic rings. The Bertz CT molecular complexity index is 838. The molecule has 1 aliphatic heterocycles. The quantitative estimate of drug-likeness (QED) is 0.737. The SMILES string of the molecule is COc1ccc(NC(=O)CN2C(=O)N[C@]3(C[C@@H](C)CC(C)(C)C3)C2=O)cc1OC. The first-order chi connectivity index (χ1) is 13.6. The third-order valence-corrected chi connectivity index (χ3v) is 5.59. The summed E-state index contributed by atoms with van der Waals surface area (Å²) in [7, 11) is 3.03. The lowest BCUT2D eigenvalue weighted by Crippen LogP contribution is -2.54. The number of benzene rings is 1. The molecular weight excluding hydrogens is 374 g/mol. The van der Waals surface area contributed by atoms with Gasteiger partial charge in [-0.2, -0.15) is 0 Å². The molecule has 1 aromatic carbocycles. The maximum atomic E-state index is 13.1. The van der Waals surface area contributed by atoms with E-state index in [1.54, 1.807) is 18.2 Å². The van der Waals surface area contributed by atoms with Crippen molar-refractivity contribution >= 4 is 23.5 Å². The van der Waals surface area contributed by atoms with Gasteiger partial charge in [-0.25, -0.2) is 4.79 Å². The topological polar surface area (TPSA) is 97.0 Å². The van der Waals surface area contributed by atoms with Crippen LogP contribution in [-0.2, 0) is 9.59 Å². The van der Waals surface area contributed by atoms with Crippen molar-refractivity contribution in [2.45, 2.75) is 45.6 Å². The zero-order valence-corrected chi connectivity index (χ0v) is 17.6. The van der Waals surface area contributed by atoms with Gasteiger partial charge in [0.25, 0.3) is 5.91 Å². The Morgan fingerprint density at radius 1 is 1.21 bits per heavy atom. The van der Waals surface area contributed by atoms with E-state index in [0.717, 1.165) is 11.3 Å². The number of rotatable bonds is 5. The van der Waals surface area contributed by atoms with Crippen LogP contribution in [0.25, 0.3) is 0 Å². The van der Waals surface area contributed by atoms with Gasteiger partial charge in [-0.15, -0.1) is 0 Å². The first-order valence-corrected chi connectivity index (χ1v) is 9.75. The van der Waals surface area contributed by atoms with E-state index in [1.807, 2.05) is 0 Å². The van der Waals surface area contributed by atoms with E-state index in [0.29, 0.717) is 35.9 Å². The Kier molecular flexibility index (Phi) is 5.47. The third kappa shape index (κ3) is 4.16. The van der Waals surface area contributed by atoms with Crippen molar-refractivity contribution in [2.75, 3.05) is 26.1 Å². The molecule has 158 valence electrons. The van der Waals surface area contributed by atoms with Gasteiger partial charge >= 0.3 is 6.03 Å². The fourth-order valence-corrected chi connectivity index (χ4v) is 4.91. The van der Waals surface area contributed by atoms with E-state index in [4.69, 9.17) is 9.47 Å². The highest BCUT2D eigenvalue weighted by molar-refractivity contribution is 6.10. The first kappa shape index (κ1) is 21.0. The minimum Gasteiger partial charge on any atom is -0.493 e. The van der Waals surface area contributed by atoms with Crippen LogP contribution in [-0.4, -0.2) is 49.0 Å². The molecule has 2 fully saturated rings. The second kappa shape index (κ2) is 7.57. The minimum absolute atomic E-state index is 0.0570. The molecule has 8 nitrogen and oxygen atoms in total. The van der Waals surface area contributed by atoms with Crippen LogP contribution >= 0.6 is 0 Å². The van der Waals surface area contributed by atoms with Gasteiger partial charge in [0.2, 0.25) is 5.91 Å². The van der Waals surface area contributed by atoms with E-state index in [2.05, 4.69) is 31.4 Å². The van der Waals surface area contributed by atoms with Crippen molar-refractivity contribution in [3.63, 3.8) is 0 Å². The number of carbonyl (C=O) groups excluding carboxylic acids is 3. The molecule has 1 saturated heterocycles. The number of hydrogen-bond donors (Lipinski definition) is 2. The molecule has 1 spiro atoms. The van der Waals surface area contributed by atoms with Gasteiger partial charge in [-0.05, 0) is 42.7 Å². The van der Waals surface area contributed by atoms with Gasteiger partial charge in [0.1, 0.15) is 12.1 Å². The lowest BCUT2D eigenvalue weighted by Gasteiger charge is -2.43. The fraction of sp³-hybridized carbons (Fsp3) is 0.571. The van der Waals surface area contributed by atoms with Crippen molar-refractivity contribution < 1.29 is 23.9 Å². The minimum atomic E-state index is -0.915. The molecule has 1 aromatic rings. The molecule has 29 heavy (non-hydrogen) atoms. The molecule has 0 bridgehead atoms. The van der Waals surface area contributed by atoms with Gasteiger partial charge in [-0.1, -0.05) is 20.8 Å². The van der Waals surface area contributed by atoms with E-state index in [1.165, 1.54) is 14.2 Å². The van der Waals surface area contributed by atoms with Crippen LogP contribution in [0.3, 0.4) is 0 Å². The summed E-state index contributed by atoms with van der Waals surface area (Å²) in [4.78, 5) is 39.2. The molecule has 4 amide bonds. The van der Waals surface area contributed by atoms with Crippen LogP contribution < -0.4 is 20.1 Å². The van der Waals surface area contributed by atoms with E-state index in [-0.39, 0.29) is 17.9 Å². The maximum Gasteiger partial charge on any atom is 0.325 e. The predicted octanol–water partition coefficient (Wildman–Crippen LogP) is 2.78. The number of nitrogens with one attached hydrogen (secondary N) is 2. The third-order valence-electron chi connectivity index (χ3n) is 5.59. The van der Waals surface area contributed by atoms with Crippen LogP contribution in [0.4, 0.5) is 10.5 Å². The Morgan fingerprint density at radius 2 is 1.90 bits per heavy atom. The van der Waals surface area contributed by atoms with Crippen LogP contribution in [0.2, 0.25) is 0 Å². The van der Waals surface area contributed by atoms with Crippen LogP contribution in [0.5, 0.6) is 11.5 Å². The number of amides is 4. The number of carbonyl (C=O) groups is 3. The zero-order valence-electron chi connectivity index (χ0n) is 17.6. The molecular formula is C21H29N3O5. The second-order valence-corrected chi connectivity index (χ2v) is 8.88. The zero-order chi connectivity index (χ0) is 21.4. The fourth-order valence-electron chi connectivity index (χ4n) is 4.91. The Labute approximate surface area is 170 Å². The largest absolute Gasteiger partial charge is 0.493 e. The summed E-state index contributed by atoms with van der Waals surface area (Å²) in [5.41, 5.74) is -0.484. The van der Waals surface area contributed by atoms with Gasteiger partial charge < -0.3 is 20.1 Å². The average molecular weight is 403 g/mol. The molecule has 0 aromatic heterocycles. The summed E-state index contributed by atoms with van der Waals surface area (Å²) in [5.74, 6) is 0.544. The summed E-state index contributed by atoms with van der Waals surface area (Å²) in [5, 5.41) is 5.58. The lowest BCUT2D eigenvalue weighted by atomic mass is 9.64. The standard InChI is InChI=1S/C21H29N3O5/c1-13-9-20(2,3)12-21(10-13)18(26)24(19(27)23-21)11-17(25)22-14-6-7-15(28-4)16(8-14)29-5/h6-8,13H,9-12H2,1-5H3,(H,22,25)(H,23,27)/t13-,21-/m0/s1. The molecule has 1 heterocycles. The highest BCUT2D eigenvalue weighted by Crippen LogP contribution is 2.46. The average Bonchev–Trinajstić information content (AvgIpc) is 2.83. The Morgan fingerprint density at radius 3 is 2.52 bits per heavy atom. The maximum absolute atomic E-state index is 13.1.